The van der Waals surface area contributed by atoms with E-state index in [9.17, 15) is 9.59 Å². The van der Waals surface area contributed by atoms with E-state index >= 15 is 0 Å². The molecule has 136 valence electrons. The smallest absolute Gasteiger partial charge is 0.302 e. The van der Waals surface area contributed by atoms with Crippen LogP contribution in [-0.4, -0.2) is 25.2 Å². The standard InChI is InChI=1S/2C11H12O2/c2*1-10(12)13-9-5-8-11-6-3-2-4-7-11/h2*2-8H,9H2,1H3. The summed E-state index contributed by atoms with van der Waals surface area (Å²) in [6.07, 6.45) is 7.47. The highest BCUT2D eigenvalue weighted by Crippen LogP contribution is 2.01. The summed E-state index contributed by atoms with van der Waals surface area (Å²) in [5.41, 5.74) is 2.21. The van der Waals surface area contributed by atoms with Crippen LogP contribution in [0.15, 0.2) is 72.8 Å². The monoisotopic (exact) mass is 352 g/mol. The third-order valence-corrected chi connectivity index (χ3v) is 2.99. The molecule has 0 aliphatic rings. The van der Waals surface area contributed by atoms with Gasteiger partial charge in [0.1, 0.15) is 13.2 Å². The zero-order chi connectivity index (χ0) is 19.0. The Morgan fingerprint density at radius 2 is 1.04 bits per heavy atom. The maximum atomic E-state index is 10.4. The minimum atomic E-state index is -0.252. The highest BCUT2D eigenvalue weighted by atomic mass is 16.5. The first-order chi connectivity index (χ1) is 12.6. The van der Waals surface area contributed by atoms with Crippen molar-refractivity contribution in [2.24, 2.45) is 0 Å². The van der Waals surface area contributed by atoms with Crippen LogP contribution in [0, 0.1) is 0 Å². The lowest BCUT2D eigenvalue weighted by Crippen LogP contribution is -1.97. The van der Waals surface area contributed by atoms with Gasteiger partial charge in [0.05, 0.1) is 0 Å². The summed E-state index contributed by atoms with van der Waals surface area (Å²) in [5, 5.41) is 0. The van der Waals surface area contributed by atoms with Crippen LogP contribution in [0.4, 0.5) is 0 Å². The molecular formula is C22H24O4. The predicted molar refractivity (Wildman–Crippen MR) is 104 cm³/mol. The van der Waals surface area contributed by atoms with Gasteiger partial charge in [-0.2, -0.15) is 0 Å². The topological polar surface area (TPSA) is 52.6 Å². The molecule has 0 fully saturated rings. The first-order valence-electron chi connectivity index (χ1n) is 8.28. The number of esters is 2. The lowest BCUT2D eigenvalue weighted by molar-refractivity contribution is -0.140. The third-order valence-electron chi connectivity index (χ3n) is 2.99. The quantitative estimate of drug-likeness (QED) is 0.717. The van der Waals surface area contributed by atoms with Crippen LogP contribution in [0.3, 0.4) is 0 Å². The molecule has 2 aromatic carbocycles. The summed E-state index contributed by atoms with van der Waals surface area (Å²) < 4.78 is 9.48. The van der Waals surface area contributed by atoms with Crippen molar-refractivity contribution in [1.29, 1.82) is 0 Å². The van der Waals surface area contributed by atoms with Crippen LogP contribution in [-0.2, 0) is 19.1 Å². The SMILES string of the molecule is CC(=O)OCC=Cc1ccccc1.CC(=O)OCC=Cc1ccccc1. The van der Waals surface area contributed by atoms with E-state index in [1.165, 1.54) is 13.8 Å². The molecule has 0 bridgehead atoms. The Bertz CT molecular complexity index is 640. The molecule has 0 radical (unpaired) electrons. The summed E-state index contributed by atoms with van der Waals surface area (Å²) in [4.78, 5) is 20.8. The second-order valence-electron chi connectivity index (χ2n) is 5.23. The largest absolute Gasteiger partial charge is 0.462 e. The maximum absolute atomic E-state index is 10.4. The lowest BCUT2D eigenvalue weighted by Gasteiger charge is -1.94. The highest BCUT2D eigenvalue weighted by Gasteiger charge is 1.88. The number of ether oxygens (including phenoxy) is 2. The van der Waals surface area contributed by atoms with E-state index in [0.29, 0.717) is 13.2 Å². The number of hydrogen-bond donors (Lipinski definition) is 0. The number of hydrogen-bond acceptors (Lipinski definition) is 4. The first-order valence-corrected chi connectivity index (χ1v) is 8.28. The molecule has 0 N–H and O–H groups in total. The van der Waals surface area contributed by atoms with Crippen molar-refractivity contribution in [3.05, 3.63) is 83.9 Å². The molecule has 0 heterocycles. The van der Waals surface area contributed by atoms with Crippen LogP contribution in [0.1, 0.15) is 25.0 Å². The Morgan fingerprint density at radius 3 is 1.35 bits per heavy atom. The van der Waals surface area contributed by atoms with Gasteiger partial charge in [0, 0.05) is 13.8 Å². The summed E-state index contributed by atoms with van der Waals surface area (Å²) in [6.45, 7) is 3.47. The molecule has 2 aromatic rings. The van der Waals surface area contributed by atoms with Gasteiger partial charge in [0.15, 0.2) is 0 Å². The minimum Gasteiger partial charge on any atom is -0.462 e. The van der Waals surface area contributed by atoms with E-state index in [-0.39, 0.29) is 11.9 Å². The third kappa shape index (κ3) is 11.4. The van der Waals surface area contributed by atoms with Gasteiger partial charge >= 0.3 is 11.9 Å². The van der Waals surface area contributed by atoms with Crippen molar-refractivity contribution in [1.82, 2.24) is 0 Å². The average molecular weight is 352 g/mol. The van der Waals surface area contributed by atoms with E-state index in [0.717, 1.165) is 11.1 Å². The molecule has 0 aromatic heterocycles. The van der Waals surface area contributed by atoms with Crippen molar-refractivity contribution < 1.29 is 19.1 Å². The molecule has 0 unspecified atom stereocenters. The molecule has 0 atom stereocenters. The lowest BCUT2D eigenvalue weighted by atomic mass is 10.2. The fourth-order valence-electron chi connectivity index (χ4n) is 1.83. The molecule has 26 heavy (non-hydrogen) atoms. The Hall–Kier alpha value is -3.14. The Morgan fingerprint density at radius 1 is 0.692 bits per heavy atom. The molecule has 0 spiro atoms. The normalized spacial score (nSPS) is 10.2. The van der Waals surface area contributed by atoms with Crippen LogP contribution >= 0.6 is 0 Å². The molecule has 4 heteroatoms. The van der Waals surface area contributed by atoms with Gasteiger partial charge in [-0.3, -0.25) is 9.59 Å². The number of carbonyl (C=O) groups is 2. The summed E-state index contributed by atoms with van der Waals surface area (Å²) in [6, 6.07) is 19.7. The molecule has 0 aliphatic heterocycles. The van der Waals surface area contributed by atoms with Gasteiger partial charge in [-0.1, -0.05) is 72.8 Å². The molecule has 0 amide bonds. The van der Waals surface area contributed by atoms with Gasteiger partial charge < -0.3 is 9.47 Å². The van der Waals surface area contributed by atoms with Gasteiger partial charge in [-0.15, -0.1) is 0 Å². The molecule has 0 saturated heterocycles. The van der Waals surface area contributed by atoms with Crippen LogP contribution in [0.25, 0.3) is 12.2 Å². The average Bonchev–Trinajstić information content (AvgIpc) is 2.64. The van der Waals surface area contributed by atoms with E-state index < -0.39 is 0 Å². The summed E-state index contributed by atoms with van der Waals surface area (Å²) in [5.74, 6) is -0.504. The fraction of sp³-hybridized carbons (Fsp3) is 0.182. The second kappa shape index (κ2) is 13.2. The molecule has 2 rings (SSSR count). The summed E-state index contributed by atoms with van der Waals surface area (Å²) >= 11 is 0. The van der Waals surface area contributed by atoms with E-state index in [1.54, 1.807) is 0 Å². The van der Waals surface area contributed by atoms with Crippen molar-refractivity contribution in [3.63, 3.8) is 0 Å². The zero-order valence-corrected chi connectivity index (χ0v) is 15.1. The molecule has 4 nitrogen and oxygen atoms in total. The van der Waals surface area contributed by atoms with Gasteiger partial charge in [-0.05, 0) is 23.3 Å². The molecule has 0 saturated carbocycles. The van der Waals surface area contributed by atoms with E-state index in [1.807, 2.05) is 85.0 Å². The van der Waals surface area contributed by atoms with Gasteiger partial charge in [-0.25, -0.2) is 0 Å². The summed E-state index contributed by atoms with van der Waals surface area (Å²) in [7, 11) is 0. The number of carbonyl (C=O) groups excluding carboxylic acids is 2. The Balaban J connectivity index is 0.000000260. The minimum absolute atomic E-state index is 0.252. The van der Waals surface area contributed by atoms with Gasteiger partial charge in [0.2, 0.25) is 0 Å². The van der Waals surface area contributed by atoms with Crippen LogP contribution < -0.4 is 0 Å². The maximum Gasteiger partial charge on any atom is 0.302 e. The Kier molecular flexibility index (Phi) is 10.6. The van der Waals surface area contributed by atoms with Crippen LogP contribution in [0.2, 0.25) is 0 Å². The van der Waals surface area contributed by atoms with E-state index in [4.69, 9.17) is 9.47 Å². The molecular weight excluding hydrogens is 328 g/mol. The molecule has 0 aliphatic carbocycles. The number of rotatable bonds is 6. The Labute approximate surface area is 154 Å². The highest BCUT2D eigenvalue weighted by molar-refractivity contribution is 5.66. The number of benzene rings is 2. The van der Waals surface area contributed by atoms with Gasteiger partial charge in [0.25, 0.3) is 0 Å². The van der Waals surface area contributed by atoms with Crippen molar-refractivity contribution >= 4 is 24.1 Å². The first kappa shape index (κ1) is 20.9. The zero-order valence-electron chi connectivity index (χ0n) is 15.1. The van der Waals surface area contributed by atoms with Crippen molar-refractivity contribution in [3.8, 4) is 0 Å². The van der Waals surface area contributed by atoms with Crippen LogP contribution in [0.5, 0.6) is 0 Å². The second-order valence-corrected chi connectivity index (χ2v) is 5.23. The van der Waals surface area contributed by atoms with Crippen molar-refractivity contribution in [2.45, 2.75) is 13.8 Å². The van der Waals surface area contributed by atoms with E-state index in [2.05, 4.69) is 0 Å². The fourth-order valence-corrected chi connectivity index (χ4v) is 1.83. The predicted octanol–water partition coefficient (Wildman–Crippen LogP) is 4.53. The van der Waals surface area contributed by atoms with Crippen molar-refractivity contribution in [2.75, 3.05) is 13.2 Å².